The van der Waals surface area contributed by atoms with Crippen molar-refractivity contribution >= 4 is 21.6 Å². The van der Waals surface area contributed by atoms with E-state index in [1.165, 1.54) is 4.68 Å². The summed E-state index contributed by atoms with van der Waals surface area (Å²) in [4.78, 5) is 12.0. The van der Waals surface area contributed by atoms with Crippen LogP contribution in [0.15, 0.2) is 15.5 Å². The van der Waals surface area contributed by atoms with Gasteiger partial charge in [-0.15, -0.1) is 0 Å². The summed E-state index contributed by atoms with van der Waals surface area (Å²) >= 11 is 3.32. The predicted octanol–water partition coefficient (Wildman–Crippen LogP) is 1.62. The number of nitrogens with one attached hydrogen (secondary N) is 1. The van der Waals surface area contributed by atoms with Crippen LogP contribution in [0.25, 0.3) is 0 Å². The predicted molar refractivity (Wildman–Crippen MR) is 82.1 cm³/mol. The third-order valence-electron chi connectivity index (χ3n) is 2.72. The van der Waals surface area contributed by atoms with Gasteiger partial charge in [-0.2, -0.15) is 5.10 Å². The van der Waals surface area contributed by atoms with Gasteiger partial charge in [-0.1, -0.05) is 13.3 Å². The van der Waals surface area contributed by atoms with Crippen molar-refractivity contribution in [1.29, 1.82) is 0 Å². The van der Waals surface area contributed by atoms with E-state index < -0.39 is 0 Å². The van der Waals surface area contributed by atoms with E-state index in [9.17, 15) is 4.79 Å². The molecule has 1 aromatic rings. The van der Waals surface area contributed by atoms with Crippen molar-refractivity contribution < 1.29 is 9.84 Å². The maximum atomic E-state index is 12.0. The first-order valence-electron chi connectivity index (χ1n) is 6.88. The second-order valence-corrected chi connectivity index (χ2v) is 5.16. The monoisotopic (exact) mass is 347 g/mol. The number of ether oxygens (including phenoxy) is 1. The number of unbranched alkanes of at least 4 members (excludes halogenated alkanes) is 1. The number of hydrogen-bond donors (Lipinski definition) is 2. The van der Waals surface area contributed by atoms with Gasteiger partial charge in [0.2, 0.25) is 0 Å². The Hall–Kier alpha value is -0.920. The molecule has 1 rings (SSSR count). The minimum atomic E-state index is -0.111. The number of aliphatic hydroxyl groups is 1. The maximum Gasteiger partial charge on any atom is 0.283 e. The average Bonchev–Trinajstić information content (AvgIpc) is 2.46. The Morgan fingerprint density at radius 1 is 1.45 bits per heavy atom. The Kier molecular flexibility index (Phi) is 8.48. The van der Waals surface area contributed by atoms with Crippen molar-refractivity contribution in [1.82, 2.24) is 9.78 Å². The van der Waals surface area contributed by atoms with Crippen molar-refractivity contribution in [2.24, 2.45) is 0 Å². The Morgan fingerprint density at radius 2 is 2.25 bits per heavy atom. The Labute approximate surface area is 127 Å². The van der Waals surface area contributed by atoms with E-state index in [0.29, 0.717) is 36.5 Å². The molecule has 1 aromatic heterocycles. The fraction of sp³-hybridized carbons (Fsp3) is 0.692. The summed E-state index contributed by atoms with van der Waals surface area (Å²) in [6, 6.07) is 0. The lowest BCUT2D eigenvalue weighted by Gasteiger charge is -2.10. The lowest BCUT2D eigenvalue weighted by molar-refractivity contribution is 0.0922. The highest BCUT2D eigenvalue weighted by molar-refractivity contribution is 9.10. The summed E-state index contributed by atoms with van der Waals surface area (Å²) in [5, 5.41) is 15.9. The molecule has 20 heavy (non-hydrogen) atoms. The van der Waals surface area contributed by atoms with Gasteiger partial charge in [0.05, 0.1) is 25.1 Å². The summed E-state index contributed by atoms with van der Waals surface area (Å²) in [5.74, 6) is 0. The van der Waals surface area contributed by atoms with E-state index >= 15 is 0 Å². The fourth-order valence-corrected chi connectivity index (χ4v) is 2.07. The van der Waals surface area contributed by atoms with Gasteiger partial charge in [-0.05, 0) is 28.8 Å². The minimum absolute atomic E-state index is 0.0406. The highest BCUT2D eigenvalue weighted by Gasteiger charge is 2.07. The van der Waals surface area contributed by atoms with Crippen LogP contribution in [0.1, 0.15) is 26.2 Å². The summed E-state index contributed by atoms with van der Waals surface area (Å²) in [5.41, 5.74) is 0.588. The zero-order valence-electron chi connectivity index (χ0n) is 11.8. The lowest BCUT2D eigenvalue weighted by atomic mass is 10.3. The van der Waals surface area contributed by atoms with Gasteiger partial charge in [0.25, 0.3) is 5.56 Å². The van der Waals surface area contributed by atoms with E-state index in [0.717, 1.165) is 19.3 Å². The second kappa shape index (κ2) is 9.90. The summed E-state index contributed by atoms with van der Waals surface area (Å²) in [6.45, 7) is 4.38. The molecule has 1 heterocycles. The van der Waals surface area contributed by atoms with E-state index in [4.69, 9.17) is 9.84 Å². The average molecular weight is 348 g/mol. The molecule has 0 spiro atoms. The number of aromatic nitrogens is 2. The largest absolute Gasteiger partial charge is 0.394 e. The van der Waals surface area contributed by atoms with Crippen LogP contribution in [-0.2, 0) is 11.3 Å². The van der Waals surface area contributed by atoms with Crippen LogP contribution < -0.4 is 10.9 Å². The van der Waals surface area contributed by atoms with Crippen molar-refractivity contribution in [3.05, 3.63) is 21.0 Å². The van der Waals surface area contributed by atoms with Gasteiger partial charge < -0.3 is 15.2 Å². The molecule has 0 aliphatic heterocycles. The smallest absolute Gasteiger partial charge is 0.283 e. The van der Waals surface area contributed by atoms with Gasteiger partial charge in [0.15, 0.2) is 0 Å². The van der Waals surface area contributed by atoms with Gasteiger partial charge in [-0.25, -0.2) is 4.68 Å². The van der Waals surface area contributed by atoms with E-state index in [-0.39, 0.29) is 12.2 Å². The summed E-state index contributed by atoms with van der Waals surface area (Å²) in [6.07, 6.45) is 4.43. The van der Waals surface area contributed by atoms with Crippen LogP contribution in [0.3, 0.4) is 0 Å². The van der Waals surface area contributed by atoms with E-state index in [2.05, 4.69) is 33.3 Å². The lowest BCUT2D eigenvalue weighted by Crippen LogP contribution is -2.24. The van der Waals surface area contributed by atoms with E-state index in [1.54, 1.807) is 6.20 Å². The van der Waals surface area contributed by atoms with Crippen molar-refractivity contribution in [2.45, 2.75) is 32.7 Å². The molecular weight excluding hydrogens is 326 g/mol. The van der Waals surface area contributed by atoms with Crippen molar-refractivity contribution in [3.63, 3.8) is 0 Å². The number of hydrogen-bond acceptors (Lipinski definition) is 5. The SMILES string of the molecule is CCCCn1ncc(NCCCOCCO)c(Br)c1=O. The van der Waals surface area contributed by atoms with Crippen molar-refractivity contribution in [2.75, 3.05) is 31.7 Å². The van der Waals surface area contributed by atoms with Crippen LogP contribution in [0.5, 0.6) is 0 Å². The highest BCUT2D eigenvalue weighted by Crippen LogP contribution is 2.16. The molecule has 0 saturated carbocycles. The standard InChI is InChI=1S/C13H22BrN3O3/c1-2-3-6-17-13(19)12(14)11(10-16-17)15-5-4-8-20-9-7-18/h10,15,18H,2-9H2,1H3. The molecule has 0 aliphatic rings. The van der Waals surface area contributed by atoms with Crippen LogP contribution in [0, 0.1) is 0 Å². The number of aliphatic hydroxyl groups excluding tert-OH is 1. The molecule has 0 atom stereocenters. The molecule has 0 aliphatic carbocycles. The minimum Gasteiger partial charge on any atom is -0.394 e. The number of anilines is 1. The number of halogens is 1. The third-order valence-corrected chi connectivity index (χ3v) is 3.49. The molecule has 0 amide bonds. The van der Waals surface area contributed by atoms with Gasteiger partial charge >= 0.3 is 0 Å². The third kappa shape index (κ3) is 5.60. The molecule has 7 heteroatoms. The Bertz CT molecular complexity index is 451. The number of aryl methyl sites for hydroxylation is 1. The fourth-order valence-electron chi connectivity index (χ4n) is 1.62. The Morgan fingerprint density at radius 3 is 2.95 bits per heavy atom. The first-order valence-corrected chi connectivity index (χ1v) is 7.68. The van der Waals surface area contributed by atoms with Crippen molar-refractivity contribution in [3.8, 4) is 0 Å². The topological polar surface area (TPSA) is 76.4 Å². The molecule has 0 unspecified atom stereocenters. The van der Waals surface area contributed by atoms with Crippen LogP contribution in [-0.4, -0.2) is 41.3 Å². The Balaban J connectivity index is 2.47. The molecule has 0 radical (unpaired) electrons. The van der Waals surface area contributed by atoms with E-state index in [1.807, 2.05) is 0 Å². The number of nitrogens with zero attached hydrogens (tertiary/aromatic N) is 2. The highest BCUT2D eigenvalue weighted by atomic mass is 79.9. The van der Waals surface area contributed by atoms with Gasteiger partial charge in [0, 0.05) is 19.7 Å². The molecular formula is C13H22BrN3O3. The molecule has 0 aromatic carbocycles. The molecule has 6 nitrogen and oxygen atoms in total. The molecule has 114 valence electrons. The summed E-state index contributed by atoms with van der Waals surface area (Å²) in [7, 11) is 0. The zero-order valence-corrected chi connectivity index (χ0v) is 13.4. The van der Waals surface area contributed by atoms with Gasteiger partial charge in [-0.3, -0.25) is 4.79 Å². The molecule has 0 saturated heterocycles. The first-order chi connectivity index (χ1) is 9.70. The maximum absolute atomic E-state index is 12.0. The van der Waals surface area contributed by atoms with Gasteiger partial charge in [0.1, 0.15) is 4.47 Å². The summed E-state index contributed by atoms with van der Waals surface area (Å²) < 4.78 is 7.14. The molecule has 0 fully saturated rings. The quantitative estimate of drug-likeness (QED) is 0.629. The normalized spacial score (nSPS) is 10.8. The first kappa shape index (κ1) is 17.1. The van der Waals surface area contributed by atoms with Crippen LogP contribution in [0.2, 0.25) is 0 Å². The molecule has 2 N–H and O–H groups in total. The van der Waals surface area contributed by atoms with Crippen LogP contribution in [0.4, 0.5) is 5.69 Å². The molecule has 0 bridgehead atoms. The van der Waals surface area contributed by atoms with Crippen LogP contribution >= 0.6 is 15.9 Å². The second-order valence-electron chi connectivity index (χ2n) is 4.37. The number of rotatable bonds is 10. The zero-order chi connectivity index (χ0) is 14.8.